The Morgan fingerprint density at radius 1 is 1.43 bits per heavy atom. The zero-order valence-corrected chi connectivity index (χ0v) is 9.16. The van der Waals surface area contributed by atoms with Crippen LogP contribution in [0, 0.1) is 21.4 Å². The number of hydrogen-bond donors (Lipinski definition) is 0. The SMILES string of the molecule is CC1C(=O)CC(C)(C)CC1(C)[N+](=O)[O-]. The van der Waals surface area contributed by atoms with Crippen LogP contribution >= 0.6 is 0 Å². The highest BCUT2D eigenvalue weighted by molar-refractivity contribution is 5.83. The Kier molecular flexibility index (Phi) is 2.42. The minimum Gasteiger partial charge on any atom is -0.299 e. The molecule has 1 aliphatic rings. The molecule has 2 unspecified atom stereocenters. The lowest BCUT2D eigenvalue weighted by Crippen LogP contribution is -2.52. The number of carbonyl (C=O) groups excluding carboxylic acids is 1. The third kappa shape index (κ3) is 1.65. The van der Waals surface area contributed by atoms with Gasteiger partial charge in [-0.3, -0.25) is 14.9 Å². The second-order valence-electron chi connectivity index (χ2n) is 5.32. The maximum absolute atomic E-state index is 11.6. The third-order valence-electron chi connectivity index (χ3n) is 3.32. The van der Waals surface area contributed by atoms with Crippen LogP contribution in [0.5, 0.6) is 0 Å². The highest BCUT2D eigenvalue weighted by Gasteiger charge is 2.54. The molecule has 4 nitrogen and oxygen atoms in total. The van der Waals surface area contributed by atoms with Crippen molar-refractivity contribution >= 4 is 5.78 Å². The van der Waals surface area contributed by atoms with Crippen molar-refractivity contribution in [3.63, 3.8) is 0 Å². The number of nitro groups is 1. The maximum Gasteiger partial charge on any atom is 0.229 e. The van der Waals surface area contributed by atoms with E-state index >= 15 is 0 Å². The maximum atomic E-state index is 11.6. The van der Waals surface area contributed by atoms with Gasteiger partial charge in [-0.2, -0.15) is 0 Å². The van der Waals surface area contributed by atoms with E-state index in [4.69, 9.17) is 0 Å². The van der Waals surface area contributed by atoms with E-state index in [1.807, 2.05) is 13.8 Å². The summed E-state index contributed by atoms with van der Waals surface area (Å²) in [4.78, 5) is 22.3. The highest BCUT2D eigenvalue weighted by atomic mass is 16.6. The summed E-state index contributed by atoms with van der Waals surface area (Å²) >= 11 is 0. The first-order valence-electron chi connectivity index (χ1n) is 4.86. The Hall–Kier alpha value is -0.930. The summed E-state index contributed by atoms with van der Waals surface area (Å²) in [5.74, 6) is -0.453. The van der Waals surface area contributed by atoms with E-state index in [1.165, 1.54) is 0 Å². The molecule has 4 heteroatoms. The first-order valence-corrected chi connectivity index (χ1v) is 4.86. The smallest absolute Gasteiger partial charge is 0.229 e. The van der Waals surface area contributed by atoms with Crippen molar-refractivity contribution in [2.24, 2.45) is 11.3 Å². The zero-order valence-electron chi connectivity index (χ0n) is 9.16. The fraction of sp³-hybridized carbons (Fsp3) is 0.900. The molecule has 0 aromatic heterocycles. The first kappa shape index (κ1) is 11.1. The summed E-state index contributed by atoms with van der Waals surface area (Å²) in [6.45, 7) is 7.08. The van der Waals surface area contributed by atoms with Crippen molar-refractivity contribution in [3.8, 4) is 0 Å². The third-order valence-corrected chi connectivity index (χ3v) is 3.32. The van der Waals surface area contributed by atoms with Crippen molar-refractivity contribution in [1.29, 1.82) is 0 Å². The molecule has 0 N–H and O–H groups in total. The van der Waals surface area contributed by atoms with E-state index in [0.717, 1.165) is 0 Å². The molecule has 2 atom stereocenters. The molecule has 0 saturated heterocycles. The van der Waals surface area contributed by atoms with Crippen molar-refractivity contribution in [2.75, 3.05) is 0 Å². The number of ketones is 1. The molecule has 0 aromatic carbocycles. The first-order chi connectivity index (χ1) is 6.19. The van der Waals surface area contributed by atoms with E-state index in [1.54, 1.807) is 13.8 Å². The number of Topliss-reactive ketones (excluding diaryl/α,β-unsaturated/α-hetero) is 1. The van der Waals surface area contributed by atoms with Gasteiger partial charge < -0.3 is 0 Å². The van der Waals surface area contributed by atoms with Gasteiger partial charge in [-0.25, -0.2) is 0 Å². The lowest BCUT2D eigenvalue weighted by atomic mass is 9.64. The molecule has 0 heterocycles. The standard InChI is InChI=1S/C10H17NO3/c1-7-8(12)5-9(2,3)6-10(7,4)11(13)14/h7H,5-6H2,1-4H3. The van der Waals surface area contributed by atoms with Gasteiger partial charge in [-0.05, 0) is 12.3 Å². The molecule has 0 aromatic rings. The summed E-state index contributed by atoms with van der Waals surface area (Å²) in [6, 6.07) is 0. The van der Waals surface area contributed by atoms with Gasteiger partial charge in [0.25, 0.3) is 0 Å². The highest BCUT2D eigenvalue weighted by Crippen LogP contribution is 2.43. The fourth-order valence-corrected chi connectivity index (χ4v) is 2.38. The Morgan fingerprint density at radius 2 is 1.93 bits per heavy atom. The average Bonchev–Trinajstić information content (AvgIpc) is 1.98. The molecule has 0 aliphatic heterocycles. The molecule has 0 radical (unpaired) electrons. The summed E-state index contributed by atoms with van der Waals surface area (Å²) in [7, 11) is 0. The Labute approximate surface area is 83.8 Å². The van der Waals surface area contributed by atoms with Gasteiger partial charge in [0.05, 0.1) is 5.92 Å². The molecular weight excluding hydrogens is 182 g/mol. The average molecular weight is 199 g/mol. The predicted octanol–water partition coefficient (Wildman–Crippen LogP) is 2.05. The fourth-order valence-electron chi connectivity index (χ4n) is 2.38. The van der Waals surface area contributed by atoms with E-state index in [9.17, 15) is 14.9 Å². The van der Waals surface area contributed by atoms with Gasteiger partial charge in [0.15, 0.2) is 0 Å². The number of nitrogens with zero attached hydrogens (tertiary/aromatic N) is 1. The molecule has 80 valence electrons. The van der Waals surface area contributed by atoms with Crippen LogP contribution in [0.4, 0.5) is 0 Å². The van der Waals surface area contributed by atoms with Crippen LogP contribution in [0.2, 0.25) is 0 Å². The van der Waals surface area contributed by atoms with Gasteiger partial charge >= 0.3 is 0 Å². The number of rotatable bonds is 1. The van der Waals surface area contributed by atoms with Gasteiger partial charge in [0, 0.05) is 24.7 Å². The van der Waals surface area contributed by atoms with E-state index in [0.29, 0.717) is 12.8 Å². The molecule has 1 aliphatic carbocycles. The van der Waals surface area contributed by atoms with Crippen LogP contribution in [0.1, 0.15) is 40.5 Å². The minimum atomic E-state index is -1.08. The van der Waals surface area contributed by atoms with Crippen LogP contribution in [0.3, 0.4) is 0 Å². The topological polar surface area (TPSA) is 60.2 Å². The second kappa shape index (κ2) is 3.04. The monoisotopic (exact) mass is 199 g/mol. The molecule has 0 spiro atoms. The molecule has 1 fully saturated rings. The summed E-state index contributed by atoms with van der Waals surface area (Å²) < 4.78 is 0. The lowest BCUT2D eigenvalue weighted by Gasteiger charge is -2.39. The molecule has 0 bridgehead atoms. The molecule has 0 amide bonds. The molecule has 14 heavy (non-hydrogen) atoms. The molecular formula is C10H17NO3. The Bertz CT molecular complexity index is 285. The zero-order chi connectivity index (χ0) is 11.1. The molecule has 1 saturated carbocycles. The van der Waals surface area contributed by atoms with Crippen molar-refractivity contribution < 1.29 is 9.72 Å². The second-order valence-corrected chi connectivity index (χ2v) is 5.32. The number of carbonyl (C=O) groups is 1. The van der Waals surface area contributed by atoms with Gasteiger partial charge in [0.2, 0.25) is 5.54 Å². The van der Waals surface area contributed by atoms with Crippen LogP contribution in [-0.2, 0) is 4.79 Å². The van der Waals surface area contributed by atoms with Crippen LogP contribution < -0.4 is 0 Å². The van der Waals surface area contributed by atoms with Gasteiger partial charge in [0.1, 0.15) is 5.78 Å². The lowest BCUT2D eigenvalue weighted by molar-refractivity contribution is -0.578. The van der Waals surface area contributed by atoms with Gasteiger partial charge in [-0.1, -0.05) is 13.8 Å². The Morgan fingerprint density at radius 3 is 2.36 bits per heavy atom. The van der Waals surface area contributed by atoms with E-state index in [2.05, 4.69) is 0 Å². The van der Waals surface area contributed by atoms with E-state index in [-0.39, 0.29) is 16.1 Å². The van der Waals surface area contributed by atoms with Crippen molar-refractivity contribution in [1.82, 2.24) is 0 Å². The summed E-state index contributed by atoms with van der Waals surface area (Å²) in [5.41, 5.74) is -1.33. The Balaban J connectivity index is 3.06. The van der Waals surface area contributed by atoms with Crippen LogP contribution in [-0.4, -0.2) is 16.2 Å². The normalized spacial score (nSPS) is 36.9. The quantitative estimate of drug-likeness (QED) is 0.479. The van der Waals surface area contributed by atoms with Crippen molar-refractivity contribution in [2.45, 2.75) is 46.1 Å². The minimum absolute atomic E-state index is 0.0143. The largest absolute Gasteiger partial charge is 0.299 e. The number of hydrogen-bond acceptors (Lipinski definition) is 3. The van der Waals surface area contributed by atoms with Crippen molar-refractivity contribution in [3.05, 3.63) is 10.1 Å². The van der Waals surface area contributed by atoms with E-state index < -0.39 is 11.5 Å². The van der Waals surface area contributed by atoms with Crippen LogP contribution in [0.25, 0.3) is 0 Å². The van der Waals surface area contributed by atoms with Gasteiger partial charge in [-0.15, -0.1) is 0 Å². The molecule has 1 rings (SSSR count). The predicted molar refractivity (Wildman–Crippen MR) is 52.6 cm³/mol. The van der Waals surface area contributed by atoms with Crippen LogP contribution in [0.15, 0.2) is 0 Å². The summed E-state index contributed by atoms with van der Waals surface area (Å²) in [5, 5.41) is 11.0. The summed E-state index contributed by atoms with van der Waals surface area (Å²) in [6.07, 6.45) is 0.928.